The van der Waals surface area contributed by atoms with Crippen molar-refractivity contribution < 1.29 is 0 Å². The first-order valence-electron chi connectivity index (χ1n) is 4.68. The van der Waals surface area contributed by atoms with Crippen LogP contribution in [0.5, 0.6) is 0 Å². The molecule has 68 valence electrons. The van der Waals surface area contributed by atoms with Crippen molar-refractivity contribution in [1.29, 1.82) is 0 Å². The highest BCUT2D eigenvalue weighted by atomic mass is 15.2. The van der Waals surface area contributed by atoms with Gasteiger partial charge < -0.3 is 5.32 Å². The normalized spacial score (nSPS) is 25.7. The fourth-order valence-corrected chi connectivity index (χ4v) is 1.76. The second-order valence-electron chi connectivity index (χ2n) is 3.40. The van der Waals surface area contributed by atoms with Crippen molar-refractivity contribution in [3.05, 3.63) is 0 Å². The molecule has 2 nitrogen and oxygen atoms in total. The van der Waals surface area contributed by atoms with E-state index in [1.165, 1.54) is 6.42 Å². The first-order valence-corrected chi connectivity index (χ1v) is 4.68. The van der Waals surface area contributed by atoms with Crippen molar-refractivity contribution in [3.63, 3.8) is 0 Å². The molecule has 0 spiro atoms. The van der Waals surface area contributed by atoms with Crippen molar-refractivity contribution in [1.82, 2.24) is 10.2 Å². The highest BCUT2D eigenvalue weighted by Gasteiger charge is 2.22. The molecule has 1 N–H and O–H groups in total. The number of hydrogen-bond acceptors (Lipinski definition) is 2. The number of rotatable bonds is 3. The summed E-state index contributed by atoms with van der Waals surface area (Å²) < 4.78 is 0. The van der Waals surface area contributed by atoms with Gasteiger partial charge in [0.2, 0.25) is 0 Å². The summed E-state index contributed by atoms with van der Waals surface area (Å²) in [6, 6.07) is 0.959. The van der Waals surface area contributed by atoms with E-state index in [1.807, 2.05) is 0 Å². The molecule has 0 amide bonds. The Labute approximate surface area is 75.3 Å². The van der Waals surface area contributed by atoms with Crippen LogP contribution in [0.2, 0.25) is 0 Å². The van der Waals surface area contributed by atoms with Gasteiger partial charge in [-0.25, -0.2) is 0 Å². The Kier molecular flexibility index (Phi) is 3.58. The second-order valence-corrected chi connectivity index (χ2v) is 3.40. The van der Waals surface area contributed by atoms with Gasteiger partial charge in [-0.1, -0.05) is 12.8 Å². The minimum Gasteiger partial charge on any atom is -0.315 e. The second kappa shape index (κ2) is 4.49. The van der Waals surface area contributed by atoms with Crippen LogP contribution < -0.4 is 5.32 Å². The third kappa shape index (κ3) is 2.00. The molecule has 2 unspecified atom stereocenters. The van der Waals surface area contributed by atoms with Crippen LogP contribution >= 0.6 is 0 Å². The molecule has 1 heterocycles. The number of terminal acetylenes is 1. The molecule has 0 aromatic carbocycles. The Balaban J connectivity index is 2.44. The zero-order valence-corrected chi connectivity index (χ0v) is 8.01. The van der Waals surface area contributed by atoms with Crippen LogP contribution in [0.15, 0.2) is 0 Å². The average molecular weight is 166 g/mol. The van der Waals surface area contributed by atoms with E-state index in [-0.39, 0.29) is 0 Å². The van der Waals surface area contributed by atoms with Crippen molar-refractivity contribution >= 4 is 0 Å². The molecule has 0 aromatic rings. The fourth-order valence-electron chi connectivity index (χ4n) is 1.76. The first kappa shape index (κ1) is 9.57. The summed E-state index contributed by atoms with van der Waals surface area (Å²) in [7, 11) is 2.13. The van der Waals surface area contributed by atoms with Gasteiger partial charge in [-0.3, -0.25) is 4.90 Å². The third-order valence-electron chi connectivity index (χ3n) is 2.68. The lowest BCUT2D eigenvalue weighted by atomic mass is 10.1. The third-order valence-corrected chi connectivity index (χ3v) is 2.68. The van der Waals surface area contributed by atoms with Gasteiger partial charge in [-0.2, -0.15) is 0 Å². The average Bonchev–Trinajstić information content (AvgIpc) is 2.58. The molecule has 0 radical (unpaired) electrons. The molecular weight excluding hydrogens is 148 g/mol. The predicted molar refractivity (Wildman–Crippen MR) is 51.9 cm³/mol. The van der Waals surface area contributed by atoms with Crippen molar-refractivity contribution in [2.75, 3.05) is 20.1 Å². The Hall–Kier alpha value is -0.520. The summed E-state index contributed by atoms with van der Waals surface area (Å²) in [5, 5.41) is 3.35. The van der Waals surface area contributed by atoms with Crippen LogP contribution in [0.3, 0.4) is 0 Å². The largest absolute Gasteiger partial charge is 0.315 e. The lowest BCUT2D eigenvalue weighted by molar-refractivity contribution is 0.216. The Bertz CT molecular complexity index is 165. The highest BCUT2D eigenvalue weighted by Crippen LogP contribution is 2.11. The summed E-state index contributed by atoms with van der Waals surface area (Å²) in [5.74, 6) is 2.83. The Morgan fingerprint density at radius 2 is 2.50 bits per heavy atom. The lowest BCUT2D eigenvalue weighted by Gasteiger charge is -2.28. The van der Waals surface area contributed by atoms with Crippen LogP contribution in [-0.4, -0.2) is 37.1 Å². The van der Waals surface area contributed by atoms with E-state index in [9.17, 15) is 0 Å². The minimum atomic E-state index is 0.315. The van der Waals surface area contributed by atoms with Crippen LogP contribution in [0.25, 0.3) is 0 Å². The van der Waals surface area contributed by atoms with Crippen LogP contribution in [0.1, 0.15) is 19.8 Å². The number of nitrogens with one attached hydrogen (secondary N) is 1. The SMILES string of the molecule is C#CC(CC)N(C)C1CCNC1. The highest BCUT2D eigenvalue weighted by molar-refractivity contribution is 5.00. The molecule has 1 fully saturated rings. The predicted octanol–water partition coefficient (Wildman–Crippen LogP) is 0.692. The van der Waals surface area contributed by atoms with Gasteiger partial charge in [0.15, 0.2) is 0 Å². The molecule has 0 saturated carbocycles. The first-order chi connectivity index (χ1) is 5.79. The molecule has 0 aliphatic carbocycles. The molecule has 1 rings (SSSR count). The standard InChI is InChI=1S/C10H18N2/c1-4-9(5-2)12(3)10-6-7-11-8-10/h1,9-11H,5-8H2,2-3H3. The topological polar surface area (TPSA) is 15.3 Å². The monoisotopic (exact) mass is 166 g/mol. The van der Waals surface area contributed by atoms with E-state index in [4.69, 9.17) is 6.42 Å². The van der Waals surface area contributed by atoms with Crippen LogP contribution in [0, 0.1) is 12.3 Å². The maximum Gasteiger partial charge on any atom is 0.0709 e. The van der Waals surface area contributed by atoms with Gasteiger partial charge in [0.05, 0.1) is 6.04 Å². The lowest BCUT2D eigenvalue weighted by Crippen LogP contribution is -2.40. The van der Waals surface area contributed by atoms with E-state index in [1.54, 1.807) is 0 Å². The number of hydrogen-bond donors (Lipinski definition) is 1. The zero-order chi connectivity index (χ0) is 8.97. The molecular formula is C10H18N2. The smallest absolute Gasteiger partial charge is 0.0709 e. The van der Waals surface area contributed by atoms with Crippen molar-refractivity contribution in [2.45, 2.75) is 31.8 Å². The maximum absolute atomic E-state index is 5.44. The van der Waals surface area contributed by atoms with Crippen LogP contribution in [-0.2, 0) is 0 Å². The summed E-state index contributed by atoms with van der Waals surface area (Å²) in [4.78, 5) is 2.32. The van der Waals surface area contributed by atoms with E-state index in [2.05, 4.69) is 30.1 Å². The quantitative estimate of drug-likeness (QED) is 0.621. The van der Waals surface area contributed by atoms with E-state index >= 15 is 0 Å². The minimum absolute atomic E-state index is 0.315. The van der Waals surface area contributed by atoms with Crippen molar-refractivity contribution in [2.24, 2.45) is 0 Å². The van der Waals surface area contributed by atoms with E-state index < -0.39 is 0 Å². The van der Waals surface area contributed by atoms with Crippen LogP contribution in [0.4, 0.5) is 0 Å². The van der Waals surface area contributed by atoms with Gasteiger partial charge >= 0.3 is 0 Å². The summed E-state index contributed by atoms with van der Waals surface area (Å²) in [6.45, 7) is 4.37. The fraction of sp³-hybridized carbons (Fsp3) is 0.800. The molecule has 12 heavy (non-hydrogen) atoms. The zero-order valence-electron chi connectivity index (χ0n) is 8.01. The molecule has 2 atom stereocenters. The van der Waals surface area contributed by atoms with Gasteiger partial charge in [0, 0.05) is 12.6 Å². The van der Waals surface area contributed by atoms with Gasteiger partial charge in [0.25, 0.3) is 0 Å². The van der Waals surface area contributed by atoms with Crippen molar-refractivity contribution in [3.8, 4) is 12.3 Å². The summed E-state index contributed by atoms with van der Waals surface area (Å²) in [6.07, 6.45) is 7.72. The van der Waals surface area contributed by atoms with Gasteiger partial charge in [0.1, 0.15) is 0 Å². The molecule has 0 bridgehead atoms. The summed E-state index contributed by atoms with van der Waals surface area (Å²) >= 11 is 0. The maximum atomic E-state index is 5.44. The summed E-state index contributed by atoms with van der Waals surface area (Å²) in [5.41, 5.74) is 0. The molecule has 2 heteroatoms. The van der Waals surface area contributed by atoms with Gasteiger partial charge in [-0.15, -0.1) is 6.42 Å². The molecule has 0 aromatic heterocycles. The molecule has 1 aliphatic heterocycles. The molecule has 1 saturated heterocycles. The Morgan fingerprint density at radius 1 is 1.75 bits per heavy atom. The molecule has 1 aliphatic rings. The van der Waals surface area contributed by atoms with E-state index in [0.29, 0.717) is 12.1 Å². The van der Waals surface area contributed by atoms with E-state index in [0.717, 1.165) is 19.5 Å². The van der Waals surface area contributed by atoms with Gasteiger partial charge in [-0.05, 0) is 26.4 Å². The Morgan fingerprint density at radius 3 is 2.92 bits per heavy atom. The number of nitrogens with zero attached hydrogens (tertiary/aromatic N) is 1. The number of likely N-dealkylation sites (N-methyl/N-ethyl adjacent to an activating group) is 1.